The van der Waals surface area contributed by atoms with Crippen LogP contribution in [0.1, 0.15) is 5.56 Å². The summed E-state index contributed by atoms with van der Waals surface area (Å²) >= 11 is 0. The first-order valence-electron chi connectivity index (χ1n) is 7.44. The van der Waals surface area contributed by atoms with E-state index in [9.17, 15) is 9.59 Å². The normalized spacial score (nSPS) is 10.9. The van der Waals surface area contributed by atoms with Gasteiger partial charge in [0.25, 0.3) is 5.56 Å². The number of hydrogen-bond donors (Lipinski definition) is 0. The Morgan fingerprint density at radius 1 is 1.00 bits per heavy atom. The Hall–Kier alpha value is -2.82. The summed E-state index contributed by atoms with van der Waals surface area (Å²) in [7, 11) is 3.30. The van der Waals surface area contributed by atoms with Gasteiger partial charge in [0.2, 0.25) is 0 Å². The SMILES string of the molecule is COc1ccccc1CCn1c(=O)c2ccccc2n(C)c1=O. The second-order valence-corrected chi connectivity index (χ2v) is 5.38. The van der Waals surface area contributed by atoms with Gasteiger partial charge in [-0.3, -0.25) is 13.9 Å². The van der Waals surface area contributed by atoms with Crippen molar-refractivity contribution in [1.82, 2.24) is 9.13 Å². The molecule has 0 unspecified atom stereocenters. The number of fused-ring (bicyclic) bond motifs is 1. The summed E-state index contributed by atoms with van der Waals surface area (Å²) in [4.78, 5) is 25.1. The predicted molar refractivity (Wildman–Crippen MR) is 90.1 cm³/mol. The van der Waals surface area contributed by atoms with Crippen LogP contribution in [0.3, 0.4) is 0 Å². The van der Waals surface area contributed by atoms with Crippen LogP contribution in [0.5, 0.6) is 5.75 Å². The lowest BCUT2D eigenvalue weighted by atomic mass is 10.1. The third-order valence-corrected chi connectivity index (χ3v) is 4.06. The molecular weight excluding hydrogens is 292 g/mol. The molecule has 0 N–H and O–H groups in total. The van der Waals surface area contributed by atoms with Crippen molar-refractivity contribution in [1.29, 1.82) is 0 Å². The first-order chi connectivity index (χ1) is 11.1. The van der Waals surface area contributed by atoms with Crippen LogP contribution in [0.15, 0.2) is 58.1 Å². The van der Waals surface area contributed by atoms with Crippen molar-refractivity contribution in [2.24, 2.45) is 7.05 Å². The number of ether oxygens (including phenoxy) is 1. The maximum absolute atomic E-state index is 12.6. The maximum Gasteiger partial charge on any atom is 0.331 e. The molecule has 5 nitrogen and oxygen atoms in total. The van der Waals surface area contributed by atoms with E-state index < -0.39 is 0 Å². The topological polar surface area (TPSA) is 53.2 Å². The molecule has 1 aromatic heterocycles. The van der Waals surface area contributed by atoms with E-state index in [1.54, 1.807) is 32.4 Å². The molecular formula is C18H18N2O3. The third-order valence-electron chi connectivity index (χ3n) is 4.06. The van der Waals surface area contributed by atoms with Crippen LogP contribution in [0, 0.1) is 0 Å². The van der Waals surface area contributed by atoms with E-state index in [1.807, 2.05) is 30.3 Å². The fourth-order valence-electron chi connectivity index (χ4n) is 2.80. The summed E-state index contributed by atoms with van der Waals surface area (Å²) in [6, 6.07) is 14.8. The standard InChI is InChI=1S/C18H18N2O3/c1-19-15-9-5-4-8-14(15)17(21)20(18(19)22)12-11-13-7-3-6-10-16(13)23-2/h3-10H,11-12H2,1-2H3. The van der Waals surface area contributed by atoms with E-state index in [-0.39, 0.29) is 11.2 Å². The Labute approximate surface area is 133 Å². The summed E-state index contributed by atoms with van der Waals surface area (Å²) in [6.45, 7) is 0.316. The van der Waals surface area contributed by atoms with Gasteiger partial charge in [0.15, 0.2) is 0 Å². The van der Waals surface area contributed by atoms with Crippen molar-refractivity contribution in [3.05, 3.63) is 74.9 Å². The first-order valence-corrected chi connectivity index (χ1v) is 7.44. The fourth-order valence-corrected chi connectivity index (χ4v) is 2.80. The summed E-state index contributed by atoms with van der Waals surface area (Å²) in [5, 5.41) is 0.551. The zero-order chi connectivity index (χ0) is 16.4. The summed E-state index contributed by atoms with van der Waals surface area (Å²) < 4.78 is 8.12. The van der Waals surface area contributed by atoms with E-state index in [2.05, 4.69) is 0 Å². The van der Waals surface area contributed by atoms with E-state index in [0.717, 1.165) is 11.3 Å². The highest BCUT2D eigenvalue weighted by atomic mass is 16.5. The highest BCUT2D eigenvalue weighted by Gasteiger charge is 2.11. The van der Waals surface area contributed by atoms with Gasteiger partial charge in [-0.15, -0.1) is 0 Å². The number of aromatic nitrogens is 2. The average Bonchev–Trinajstić information content (AvgIpc) is 2.60. The molecule has 118 valence electrons. The predicted octanol–water partition coefficient (Wildman–Crippen LogP) is 1.95. The van der Waals surface area contributed by atoms with Gasteiger partial charge in [0, 0.05) is 13.6 Å². The van der Waals surface area contributed by atoms with E-state index in [0.29, 0.717) is 23.9 Å². The van der Waals surface area contributed by atoms with Gasteiger partial charge in [0.05, 0.1) is 18.0 Å². The average molecular weight is 310 g/mol. The van der Waals surface area contributed by atoms with Crippen LogP contribution in [0.25, 0.3) is 10.9 Å². The molecule has 2 aromatic carbocycles. The molecule has 0 radical (unpaired) electrons. The number of methoxy groups -OCH3 is 1. The molecule has 3 rings (SSSR count). The number of benzene rings is 2. The molecule has 0 aliphatic heterocycles. The van der Waals surface area contributed by atoms with Crippen LogP contribution in [0.2, 0.25) is 0 Å². The van der Waals surface area contributed by atoms with Crippen LogP contribution in [-0.4, -0.2) is 16.2 Å². The molecule has 23 heavy (non-hydrogen) atoms. The Morgan fingerprint density at radius 2 is 1.70 bits per heavy atom. The number of para-hydroxylation sites is 2. The van der Waals surface area contributed by atoms with E-state index in [1.165, 1.54) is 9.13 Å². The number of aryl methyl sites for hydroxylation is 2. The summed E-state index contributed by atoms with van der Waals surface area (Å²) in [5.41, 5.74) is 1.07. The van der Waals surface area contributed by atoms with Crippen molar-refractivity contribution < 1.29 is 4.74 Å². The Kier molecular flexibility index (Phi) is 4.02. The largest absolute Gasteiger partial charge is 0.496 e. The minimum Gasteiger partial charge on any atom is -0.496 e. The maximum atomic E-state index is 12.6. The summed E-state index contributed by atoms with van der Waals surface area (Å²) in [5.74, 6) is 0.762. The smallest absolute Gasteiger partial charge is 0.331 e. The number of nitrogens with zero attached hydrogens (tertiary/aromatic N) is 2. The molecule has 5 heteroatoms. The molecule has 0 aliphatic carbocycles. The van der Waals surface area contributed by atoms with Crippen molar-refractivity contribution in [3.63, 3.8) is 0 Å². The van der Waals surface area contributed by atoms with Gasteiger partial charge in [-0.1, -0.05) is 30.3 Å². The molecule has 0 saturated carbocycles. The zero-order valence-corrected chi connectivity index (χ0v) is 13.2. The second kappa shape index (κ2) is 6.12. The van der Waals surface area contributed by atoms with Gasteiger partial charge >= 0.3 is 5.69 Å². The van der Waals surface area contributed by atoms with Crippen molar-refractivity contribution >= 4 is 10.9 Å². The van der Waals surface area contributed by atoms with Crippen molar-refractivity contribution in [2.75, 3.05) is 7.11 Å². The van der Waals surface area contributed by atoms with Gasteiger partial charge in [-0.2, -0.15) is 0 Å². The van der Waals surface area contributed by atoms with Crippen LogP contribution in [0.4, 0.5) is 0 Å². The molecule has 0 fully saturated rings. The Bertz CT molecular complexity index is 970. The molecule has 0 amide bonds. The quantitative estimate of drug-likeness (QED) is 0.740. The van der Waals surface area contributed by atoms with Crippen LogP contribution < -0.4 is 16.0 Å². The molecule has 0 spiro atoms. The molecule has 3 aromatic rings. The lowest BCUT2D eigenvalue weighted by Crippen LogP contribution is -2.39. The molecule has 0 saturated heterocycles. The lowest BCUT2D eigenvalue weighted by molar-refractivity contribution is 0.408. The third kappa shape index (κ3) is 2.65. The molecule has 1 heterocycles. The van der Waals surface area contributed by atoms with Gasteiger partial charge in [-0.05, 0) is 30.2 Å². The van der Waals surface area contributed by atoms with Crippen LogP contribution in [-0.2, 0) is 20.0 Å². The highest BCUT2D eigenvalue weighted by molar-refractivity contribution is 5.77. The lowest BCUT2D eigenvalue weighted by Gasteiger charge is -2.12. The summed E-state index contributed by atoms with van der Waals surface area (Å²) in [6.07, 6.45) is 0.553. The monoisotopic (exact) mass is 310 g/mol. The van der Waals surface area contributed by atoms with Crippen LogP contribution >= 0.6 is 0 Å². The zero-order valence-electron chi connectivity index (χ0n) is 13.2. The molecule has 0 atom stereocenters. The van der Waals surface area contributed by atoms with E-state index in [4.69, 9.17) is 4.74 Å². The Balaban J connectivity index is 2.04. The number of hydrogen-bond acceptors (Lipinski definition) is 3. The van der Waals surface area contributed by atoms with Gasteiger partial charge in [-0.25, -0.2) is 4.79 Å². The van der Waals surface area contributed by atoms with E-state index >= 15 is 0 Å². The highest BCUT2D eigenvalue weighted by Crippen LogP contribution is 2.18. The molecule has 0 bridgehead atoms. The first kappa shape index (κ1) is 15.1. The van der Waals surface area contributed by atoms with Crippen molar-refractivity contribution in [2.45, 2.75) is 13.0 Å². The Morgan fingerprint density at radius 3 is 2.48 bits per heavy atom. The van der Waals surface area contributed by atoms with Gasteiger partial charge < -0.3 is 4.74 Å². The molecule has 0 aliphatic rings. The van der Waals surface area contributed by atoms with Gasteiger partial charge in [0.1, 0.15) is 5.75 Å². The minimum absolute atomic E-state index is 0.251. The minimum atomic E-state index is -0.302. The number of rotatable bonds is 4. The second-order valence-electron chi connectivity index (χ2n) is 5.38. The van der Waals surface area contributed by atoms with Crippen molar-refractivity contribution in [3.8, 4) is 5.75 Å². The fraction of sp³-hybridized carbons (Fsp3) is 0.222.